The Kier molecular flexibility index (Phi) is 5.82. The van der Waals surface area contributed by atoms with Crippen molar-refractivity contribution < 1.29 is 8.42 Å². The van der Waals surface area contributed by atoms with Gasteiger partial charge < -0.3 is 5.32 Å². The van der Waals surface area contributed by atoms with Crippen LogP contribution in [0, 0.1) is 11.8 Å². The molecule has 4 nitrogen and oxygen atoms in total. The molecule has 2 atom stereocenters. The third-order valence-corrected chi connectivity index (χ3v) is 5.24. The van der Waals surface area contributed by atoms with Crippen molar-refractivity contribution in [2.45, 2.75) is 26.7 Å². The summed E-state index contributed by atoms with van der Waals surface area (Å²) in [5.41, 5.74) is 1.46. The monoisotopic (exact) mass is 274 g/mol. The van der Waals surface area contributed by atoms with Crippen LogP contribution in [0.15, 0.2) is 11.6 Å². The highest BCUT2D eigenvalue weighted by atomic mass is 32.2. The van der Waals surface area contributed by atoms with Gasteiger partial charge in [0.15, 0.2) is 0 Å². The fraction of sp³-hybridized carbons (Fsp3) is 0.846. The summed E-state index contributed by atoms with van der Waals surface area (Å²) in [7, 11) is 0.0881. The zero-order valence-corrected chi connectivity index (χ0v) is 12.8. The van der Waals surface area contributed by atoms with Crippen LogP contribution in [0.4, 0.5) is 0 Å². The van der Waals surface area contributed by atoms with E-state index in [4.69, 9.17) is 0 Å². The van der Waals surface area contributed by atoms with Gasteiger partial charge >= 0.3 is 0 Å². The van der Waals surface area contributed by atoms with Gasteiger partial charge in [-0.15, -0.1) is 0 Å². The van der Waals surface area contributed by atoms with E-state index in [0.29, 0.717) is 18.4 Å². The average Bonchev–Trinajstić information content (AvgIpc) is 2.23. The predicted octanol–water partition coefficient (Wildman–Crippen LogP) is 1.46. The Labute approximate surface area is 111 Å². The molecular weight excluding hydrogens is 248 g/mol. The molecule has 5 heteroatoms. The Morgan fingerprint density at radius 3 is 2.67 bits per heavy atom. The lowest BCUT2D eigenvalue weighted by atomic mass is 9.84. The van der Waals surface area contributed by atoms with E-state index in [0.717, 1.165) is 13.0 Å². The molecule has 0 aromatic heterocycles. The van der Waals surface area contributed by atoms with Gasteiger partial charge in [-0.3, -0.25) is 0 Å². The maximum Gasteiger partial charge on any atom is 0.214 e. The molecule has 1 aliphatic rings. The lowest BCUT2D eigenvalue weighted by Crippen LogP contribution is -2.34. The van der Waals surface area contributed by atoms with E-state index in [2.05, 4.69) is 25.2 Å². The zero-order valence-electron chi connectivity index (χ0n) is 11.9. The Hall–Kier alpha value is -0.390. The van der Waals surface area contributed by atoms with E-state index in [1.807, 2.05) is 0 Å². The summed E-state index contributed by atoms with van der Waals surface area (Å²) in [6, 6.07) is 0. The number of nitrogens with one attached hydrogen (secondary N) is 1. The van der Waals surface area contributed by atoms with Crippen molar-refractivity contribution in [2.24, 2.45) is 11.8 Å². The van der Waals surface area contributed by atoms with E-state index in [-0.39, 0.29) is 5.75 Å². The van der Waals surface area contributed by atoms with Crippen LogP contribution >= 0.6 is 0 Å². The summed E-state index contributed by atoms with van der Waals surface area (Å²) in [4.78, 5) is 0. The first kappa shape index (κ1) is 15.7. The van der Waals surface area contributed by atoms with E-state index < -0.39 is 10.0 Å². The molecule has 0 aliphatic heterocycles. The molecule has 2 unspecified atom stereocenters. The Balaban J connectivity index is 2.25. The summed E-state index contributed by atoms with van der Waals surface area (Å²) < 4.78 is 24.4. The van der Waals surface area contributed by atoms with Crippen LogP contribution in [-0.2, 0) is 10.0 Å². The molecule has 0 aromatic carbocycles. The minimum Gasteiger partial charge on any atom is -0.315 e. The highest BCUT2D eigenvalue weighted by Gasteiger charge is 2.18. The Bertz CT molecular complexity index is 388. The molecule has 0 fully saturated rings. The highest BCUT2D eigenvalue weighted by Crippen LogP contribution is 2.27. The van der Waals surface area contributed by atoms with E-state index in [1.165, 1.54) is 16.3 Å². The van der Waals surface area contributed by atoms with Gasteiger partial charge in [0, 0.05) is 20.6 Å². The molecule has 18 heavy (non-hydrogen) atoms. The quantitative estimate of drug-likeness (QED) is 0.589. The number of rotatable bonds is 6. The second-order valence-electron chi connectivity index (χ2n) is 5.60. The number of nitrogens with zero attached hydrogens (tertiary/aromatic N) is 1. The van der Waals surface area contributed by atoms with Gasteiger partial charge in [-0.1, -0.05) is 18.6 Å². The molecule has 0 bridgehead atoms. The molecular formula is C13H26N2O2S. The Morgan fingerprint density at radius 2 is 2.11 bits per heavy atom. The van der Waals surface area contributed by atoms with Crippen molar-refractivity contribution in [3.05, 3.63) is 11.6 Å². The van der Waals surface area contributed by atoms with Crippen LogP contribution in [0.1, 0.15) is 26.7 Å². The molecule has 106 valence electrons. The first-order valence-corrected chi connectivity index (χ1v) is 8.20. The summed E-state index contributed by atoms with van der Waals surface area (Å²) in [5, 5.41) is 3.27. The lowest BCUT2D eigenvalue weighted by Gasteiger charge is -2.25. The molecule has 0 spiro atoms. The van der Waals surface area contributed by atoms with Gasteiger partial charge in [0.25, 0.3) is 0 Å². The summed E-state index contributed by atoms with van der Waals surface area (Å²) >= 11 is 0. The molecule has 1 aliphatic carbocycles. The summed E-state index contributed by atoms with van der Waals surface area (Å²) in [6.07, 6.45) is 4.68. The fourth-order valence-corrected chi connectivity index (χ4v) is 3.30. The van der Waals surface area contributed by atoms with Gasteiger partial charge in [0.1, 0.15) is 0 Å². The maximum atomic E-state index is 11.6. The van der Waals surface area contributed by atoms with Crippen molar-refractivity contribution in [3.63, 3.8) is 0 Å². The molecule has 0 saturated heterocycles. The largest absolute Gasteiger partial charge is 0.315 e. The zero-order chi connectivity index (χ0) is 13.8. The summed E-state index contributed by atoms with van der Waals surface area (Å²) in [6.45, 7) is 5.87. The normalized spacial score (nSPS) is 25.3. The van der Waals surface area contributed by atoms with E-state index in [1.54, 1.807) is 14.1 Å². The maximum absolute atomic E-state index is 11.6. The average molecular weight is 274 g/mol. The van der Waals surface area contributed by atoms with Crippen molar-refractivity contribution in [1.29, 1.82) is 0 Å². The number of hydrogen-bond acceptors (Lipinski definition) is 3. The third kappa shape index (κ3) is 5.08. The van der Waals surface area contributed by atoms with Crippen molar-refractivity contribution in [1.82, 2.24) is 9.62 Å². The second kappa shape index (κ2) is 6.68. The molecule has 1 rings (SSSR count). The van der Waals surface area contributed by atoms with Crippen LogP contribution in [0.5, 0.6) is 0 Å². The topological polar surface area (TPSA) is 49.4 Å². The molecule has 0 aromatic rings. The molecule has 0 heterocycles. The SMILES string of the molecule is CC1=CC(C)CC(CNCCS(=O)(=O)N(C)C)C1. The van der Waals surface area contributed by atoms with Crippen LogP contribution in [-0.4, -0.2) is 45.7 Å². The molecule has 0 saturated carbocycles. The van der Waals surface area contributed by atoms with Crippen molar-refractivity contribution in [3.8, 4) is 0 Å². The van der Waals surface area contributed by atoms with E-state index >= 15 is 0 Å². The number of sulfonamides is 1. The lowest BCUT2D eigenvalue weighted by molar-refractivity contribution is 0.384. The molecule has 0 amide bonds. The van der Waals surface area contributed by atoms with Gasteiger partial charge in [-0.25, -0.2) is 12.7 Å². The summed E-state index contributed by atoms with van der Waals surface area (Å²) in [5.74, 6) is 1.47. The van der Waals surface area contributed by atoms with Crippen molar-refractivity contribution in [2.75, 3.05) is 32.9 Å². The first-order chi connectivity index (χ1) is 8.31. The minimum atomic E-state index is -3.06. The van der Waals surface area contributed by atoms with Crippen molar-refractivity contribution >= 4 is 10.0 Å². The van der Waals surface area contributed by atoms with Gasteiger partial charge in [-0.05, 0) is 38.1 Å². The van der Waals surface area contributed by atoms with Gasteiger partial charge in [-0.2, -0.15) is 0 Å². The van der Waals surface area contributed by atoms with E-state index in [9.17, 15) is 8.42 Å². The third-order valence-electron chi connectivity index (χ3n) is 3.41. The standard InChI is InChI=1S/C13H26N2O2S/c1-11-7-12(2)9-13(8-11)10-14-5-6-18(16,17)15(3)4/h7,11,13-14H,5-6,8-10H2,1-4H3. The fourth-order valence-electron chi connectivity index (χ4n) is 2.53. The minimum absolute atomic E-state index is 0.178. The first-order valence-electron chi connectivity index (χ1n) is 6.59. The number of hydrogen-bond donors (Lipinski definition) is 1. The molecule has 1 N–H and O–H groups in total. The van der Waals surface area contributed by atoms with Crippen LogP contribution < -0.4 is 5.32 Å². The second-order valence-corrected chi connectivity index (χ2v) is 7.90. The molecule has 0 radical (unpaired) electrons. The Morgan fingerprint density at radius 1 is 1.44 bits per heavy atom. The van der Waals surface area contributed by atoms with Gasteiger partial charge in [0.05, 0.1) is 5.75 Å². The number of allylic oxidation sites excluding steroid dienone is 2. The highest BCUT2D eigenvalue weighted by molar-refractivity contribution is 7.89. The smallest absolute Gasteiger partial charge is 0.214 e. The van der Waals surface area contributed by atoms with Crippen LogP contribution in [0.3, 0.4) is 0 Å². The van der Waals surface area contributed by atoms with Gasteiger partial charge in [0.2, 0.25) is 10.0 Å². The van der Waals surface area contributed by atoms with Crippen LogP contribution in [0.25, 0.3) is 0 Å². The predicted molar refractivity (Wildman–Crippen MR) is 76.0 cm³/mol. The van der Waals surface area contributed by atoms with Crippen LogP contribution in [0.2, 0.25) is 0 Å².